The Bertz CT molecular complexity index is 1520. The summed E-state index contributed by atoms with van der Waals surface area (Å²) in [6.07, 6.45) is -3.28. The van der Waals surface area contributed by atoms with Crippen molar-refractivity contribution in [1.29, 1.82) is 0 Å². The van der Waals surface area contributed by atoms with Gasteiger partial charge in [-0.05, 0) is 61.4 Å². The second-order valence-electron chi connectivity index (χ2n) is 9.68. The lowest BCUT2D eigenvalue weighted by Gasteiger charge is -2.32. The molecule has 0 aliphatic carbocycles. The molecule has 8 nitrogen and oxygen atoms in total. The van der Waals surface area contributed by atoms with Crippen LogP contribution in [-0.4, -0.2) is 51.4 Å². The van der Waals surface area contributed by atoms with Gasteiger partial charge in [0.15, 0.2) is 0 Å². The van der Waals surface area contributed by atoms with E-state index in [0.717, 1.165) is 18.6 Å². The molecule has 13 heteroatoms. The first-order valence-electron chi connectivity index (χ1n) is 13.4. The molecule has 0 bridgehead atoms. The summed E-state index contributed by atoms with van der Waals surface area (Å²) in [5, 5.41) is 2.45. The number of amides is 2. The molecule has 232 valence electrons. The van der Waals surface area contributed by atoms with Crippen LogP contribution in [0, 0.1) is 0 Å². The zero-order valence-corrected chi connectivity index (χ0v) is 25.5. The highest BCUT2D eigenvalue weighted by molar-refractivity contribution is 7.92. The van der Waals surface area contributed by atoms with Crippen LogP contribution in [0.25, 0.3) is 0 Å². The Balaban J connectivity index is 2.10. The van der Waals surface area contributed by atoms with Crippen molar-refractivity contribution >= 4 is 39.1 Å². The highest BCUT2D eigenvalue weighted by Gasteiger charge is 2.36. The first-order chi connectivity index (χ1) is 20.3. The molecule has 43 heavy (non-hydrogen) atoms. The van der Waals surface area contributed by atoms with Crippen LogP contribution in [0.4, 0.5) is 18.9 Å². The van der Waals surface area contributed by atoms with Gasteiger partial charge in [-0.1, -0.05) is 55.3 Å². The van der Waals surface area contributed by atoms with E-state index < -0.39 is 51.9 Å². The summed E-state index contributed by atoms with van der Waals surface area (Å²) in [6.45, 7) is 2.76. The van der Waals surface area contributed by atoms with Crippen molar-refractivity contribution in [2.75, 3.05) is 24.5 Å². The molecule has 0 spiro atoms. The largest absolute Gasteiger partial charge is 0.497 e. The molecular formula is C30H33ClF3N3O5S. The normalized spacial score (nSPS) is 12.3. The molecule has 1 atom stereocenters. The maximum Gasteiger partial charge on any atom is 0.416 e. The minimum atomic E-state index is -4.81. The number of hydrogen-bond donors (Lipinski definition) is 1. The summed E-state index contributed by atoms with van der Waals surface area (Å²) < 4.78 is 74.5. The highest BCUT2D eigenvalue weighted by Crippen LogP contribution is 2.37. The van der Waals surface area contributed by atoms with Crippen molar-refractivity contribution in [3.63, 3.8) is 0 Å². The van der Waals surface area contributed by atoms with Crippen molar-refractivity contribution in [3.8, 4) is 5.75 Å². The SMILES string of the molecule is CCCCNC(=O)C(C)N(Cc1cccc(OC)c1)C(=O)CN(c1cc(C(F)(F)F)ccc1Cl)S(=O)(=O)c1ccccc1. The quantitative estimate of drug-likeness (QED) is 0.235. The molecule has 0 heterocycles. The molecule has 0 aliphatic rings. The summed E-state index contributed by atoms with van der Waals surface area (Å²) in [5.74, 6) is -0.817. The Morgan fingerprint density at radius 2 is 1.72 bits per heavy atom. The second-order valence-corrected chi connectivity index (χ2v) is 12.0. The molecule has 1 unspecified atom stereocenters. The summed E-state index contributed by atoms with van der Waals surface area (Å²) >= 11 is 6.27. The number of hydrogen-bond acceptors (Lipinski definition) is 5. The number of benzene rings is 3. The number of carbonyl (C=O) groups is 2. The van der Waals surface area contributed by atoms with Gasteiger partial charge in [-0.3, -0.25) is 13.9 Å². The van der Waals surface area contributed by atoms with Crippen molar-refractivity contribution in [2.45, 2.75) is 50.3 Å². The zero-order valence-electron chi connectivity index (χ0n) is 23.9. The third-order valence-corrected chi connectivity index (χ3v) is 8.73. The van der Waals surface area contributed by atoms with E-state index in [1.54, 1.807) is 30.3 Å². The van der Waals surface area contributed by atoms with Crippen LogP contribution < -0.4 is 14.4 Å². The van der Waals surface area contributed by atoms with E-state index in [2.05, 4.69) is 5.32 Å². The zero-order chi connectivity index (χ0) is 31.8. The number of halogens is 4. The van der Waals surface area contributed by atoms with Gasteiger partial charge in [0.25, 0.3) is 10.0 Å². The fourth-order valence-corrected chi connectivity index (χ4v) is 5.91. The maximum absolute atomic E-state index is 14.0. The first-order valence-corrected chi connectivity index (χ1v) is 15.3. The molecule has 0 aromatic heterocycles. The van der Waals surface area contributed by atoms with Gasteiger partial charge in [0, 0.05) is 13.1 Å². The van der Waals surface area contributed by atoms with Crippen LogP contribution in [0.3, 0.4) is 0 Å². The standard InChI is InChI=1S/C30H33ClF3N3O5S/c1-4-5-16-35-29(39)21(2)36(19-22-10-9-11-24(17-22)42-3)28(38)20-37(43(40,41)25-12-7-6-8-13-25)27-18-23(30(32,33)34)14-15-26(27)31/h6-15,17-18,21H,4-5,16,19-20H2,1-3H3,(H,35,39). The van der Waals surface area contributed by atoms with E-state index in [1.807, 2.05) is 6.92 Å². The molecule has 1 N–H and O–H groups in total. The topological polar surface area (TPSA) is 96.0 Å². The van der Waals surface area contributed by atoms with Gasteiger partial charge in [-0.15, -0.1) is 0 Å². The fraction of sp³-hybridized carbons (Fsp3) is 0.333. The lowest BCUT2D eigenvalue weighted by molar-refractivity contribution is -0.139. The minimum Gasteiger partial charge on any atom is -0.497 e. The van der Waals surface area contributed by atoms with Crippen LogP contribution in [0.15, 0.2) is 77.7 Å². The number of ether oxygens (including phenoxy) is 1. The summed E-state index contributed by atoms with van der Waals surface area (Å²) in [7, 11) is -3.13. The van der Waals surface area contributed by atoms with Crippen LogP contribution in [0.5, 0.6) is 5.75 Å². The van der Waals surface area contributed by atoms with Gasteiger partial charge >= 0.3 is 6.18 Å². The van der Waals surface area contributed by atoms with Crippen LogP contribution in [0.2, 0.25) is 5.02 Å². The monoisotopic (exact) mass is 639 g/mol. The number of rotatable bonds is 13. The van der Waals surface area contributed by atoms with E-state index in [9.17, 15) is 31.2 Å². The smallest absolute Gasteiger partial charge is 0.416 e. The number of anilines is 1. The van der Waals surface area contributed by atoms with Gasteiger partial charge < -0.3 is 15.0 Å². The van der Waals surface area contributed by atoms with Gasteiger partial charge in [0.1, 0.15) is 18.3 Å². The fourth-order valence-electron chi connectivity index (χ4n) is 4.20. The van der Waals surface area contributed by atoms with Crippen molar-refractivity contribution in [2.24, 2.45) is 0 Å². The lowest BCUT2D eigenvalue weighted by atomic mass is 10.1. The Labute approximate surface area is 254 Å². The second kappa shape index (κ2) is 14.6. The Morgan fingerprint density at radius 1 is 1.02 bits per heavy atom. The predicted octanol–water partition coefficient (Wildman–Crippen LogP) is 5.90. The Morgan fingerprint density at radius 3 is 2.35 bits per heavy atom. The summed E-state index contributed by atoms with van der Waals surface area (Å²) in [4.78, 5) is 27.9. The molecule has 0 aliphatic heterocycles. The number of nitrogens with zero attached hydrogens (tertiary/aromatic N) is 2. The number of sulfonamides is 1. The van der Waals surface area contributed by atoms with E-state index in [-0.39, 0.29) is 16.5 Å². The third-order valence-electron chi connectivity index (χ3n) is 6.64. The van der Waals surface area contributed by atoms with E-state index in [0.29, 0.717) is 34.7 Å². The molecule has 3 aromatic carbocycles. The maximum atomic E-state index is 14.0. The van der Waals surface area contributed by atoms with Crippen LogP contribution >= 0.6 is 11.6 Å². The van der Waals surface area contributed by atoms with Crippen molar-refractivity contribution < 1.29 is 35.9 Å². The van der Waals surface area contributed by atoms with E-state index >= 15 is 0 Å². The van der Waals surface area contributed by atoms with Gasteiger partial charge in [-0.2, -0.15) is 13.2 Å². The van der Waals surface area contributed by atoms with Gasteiger partial charge in [-0.25, -0.2) is 8.42 Å². The molecule has 0 saturated heterocycles. The lowest BCUT2D eigenvalue weighted by Crippen LogP contribution is -2.51. The molecule has 0 saturated carbocycles. The molecule has 3 rings (SSSR count). The number of unbranched alkanes of at least 4 members (excludes halogenated alkanes) is 1. The number of alkyl halides is 3. The van der Waals surface area contributed by atoms with Crippen molar-refractivity contribution in [3.05, 3.63) is 88.9 Å². The molecule has 3 aromatic rings. The highest BCUT2D eigenvalue weighted by atomic mass is 35.5. The molecule has 0 radical (unpaired) electrons. The first kappa shape index (κ1) is 33.7. The number of carbonyl (C=O) groups excluding carboxylic acids is 2. The number of methoxy groups -OCH3 is 1. The Kier molecular flexibility index (Phi) is 11.5. The summed E-state index contributed by atoms with van der Waals surface area (Å²) in [5.41, 5.74) is -1.10. The van der Waals surface area contributed by atoms with E-state index in [4.69, 9.17) is 16.3 Å². The average Bonchev–Trinajstić information content (AvgIpc) is 2.98. The van der Waals surface area contributed by atoms with Crippen molar-refractivity contribution in [1.82, 2.24) is 10.2 Å². The molecule has 2 amide bonds. The average molecular weight is 640 g/mol. The van der Waals surface area contributed by atoms with E-state index in [1.165, 1.54) is 43.2 Å². The Hall–Kier alpha value is -3.77. The molecule has 0 fully saturated rings. The van der Waals surface area contributed by atoms with Crippen LogP contribution in [-0.2, 0) is 32.3 Å². The van der Waals surface area contributed by atoms with Crippen LogP contribution in [0.1, 0.15) is 37.8 Å². The minimum absolute atomic E-state index is 0.117. The van der Waals surface area contributed by atoms with Gasteiger partial charge in [0.2, 0.25) is 11.8 Å². The number of nitrogens with one attached hydrogen (secondary N) is 1. The van der Waals surface area contributed by atoms with Gasteiger partial charge in [0.05, 0.1) is 28.3 Å². The predicted molar refractivity (Wildman–Crippen MR) is 158 cm³/mol. The third kappa shape index (κ3) is 8.64. The molecular weight excluding hydrogens is 607 g/mol. The summed E-state index contributed by atoms with van der Waals surface area (Å²) in [6, 6.07) is 14.9.